The Balaban J connectivity index is 1.58. The molecule has 0 bridgehead atoms. The molecule has 138 valence electrons. The Morgan fingerprint density at radius 2 is 1.63 bits per heavy atom. The number of methoxy groups -OCH3 is 1. The highest BCUT2D eigenvalue weighted by Crippen LogP contribution is 2.38. The van der Waals surface area contributed by atoms with E-state index in [4.69, 9.17) is 9.57 Å². The third kappa shape index (κ3) is 3.99. The molecule has 1 heterocycles. The highest BCUT2D eigenvalue weighted by atomic mass is 16.7. The van der Waals surface area contributed by atoms with Crippen molar-refractivity contribution >= 4 is 5.69 Å². The van der Waals surface area contributed by atoms with Crippen LogP contribution >= 0.6 is 0 Å². The van der Waals surface area contributed by atoms with E-state index in [9.17, 15) is 0 Å². The monoisotopic (exact) mass is 359 g/mol. The molecule has 3 aromatic carbocycles. The van der Waals surface area contributed by atoms with Crippen LogP contribution in [0.3, 0.4) is 0 Å². The molecular formula is C24H25NO2. The molecule has 0 spiro atoms. The first-order valence-electron chi connectivity index (χ1n) is 9.43. The second-order valence-electron chi connectivity index (χ2n) is 7.11. The van der Waals surface area contributed by atoms with Crippen molar-refractivity contribution in [3.8, 4) is 5.75 Å². The summed E-state index contributed by atoms with van der Waals surface area (Å²) in [7, 11) is 1.69. The maximum atomic E-state index is 6.41. The summed E-state index contributed by atoms with van der Waals surface area (Å²) >= 11 is 0. The van der Waals surface area contributed by atoms with Gasteiger partial charge in [0.2, 0.25) is 0 Å². The SMILES string of the molecule is COc1ccc([C@H]2C[C@@H](Cc3ccc(C)cc3)N(c3ccccc3)O2)cc1. The highest BCUT2D eigenvalue weighted by molar-refractivity contribution is 5.46. The molecular weight excluding hydrogens is 334 g/mol. The third-order valence-electron chi connectivity index (χ3n) is 5.15. The van der Waals surface area contributed by atoms with Crippen molar-refractivity contribution in [2.75, 3.05) is 12.2 Å². The van der Waals surface area contributed by atoms with E-state index < -0.39 is 0 Å². The molecule has 1 saturated heterocycles. The van der Waals surface area contributed by atoms with Crippen molar-refractivity contribution in [3.05, 3.63) is 95.6 Å². The van der Waals surface area contributed by atoms with E-state index >= 15 is 0 Å². The molecule has 1 aliphatic heterocycles. The van der Waals surface area contributed by atoms with Crippen molar-refractivity contribution in [2.45, 2.75) is 31.9 Å². The van der Waals surface area contributed by atoms with Gasteiger partial charge in [-0.15, -0.1) is 0 Å². The van der Waals surface area contributed by atoms with Gasteiger partial charge in [-0.2, -0.15) is 0 Å². The van der Waals surface area contributed by atoms with Gasteiger partial charge in [-0.05, 0) is 48.7 Å². The second kappa shape index (κ2) is 7.85. The molecule has 3 aromatic rings. The first kappa shape index (κ1) is 17.6. The minimum atomic E-state index is 0.0477. The summed E-state index contributed by atoms with van der Waals surface area (Å²) in [5, 5.41) is 2.09. The van der Waals surface area contributed by atoms with Crippen LogP contribution in [0.25, 0.3) is 0 Å². The number of ether oxygens (including phenoxy) is 1. The maximum Gasteiger partial charge on any atom is 0.118 e. The van der Waals surface area contributed by atoms with E-state index in [1.165, 1.54) is 16.7 Å². The van der Waals surface area contributed by atoms with E-state index in [1.807, 2.05) is 18.2 Å². The Labute approximate surface area is 161 Å². The van der Waals surface area contributed by atoms with Crippen molar-refractivity contribution in [2.24, 2.45) is 0 Å². The lowest BCUT2D eigenvalue weighted by molar-refractivity contribution is 0.0836. The molecule has 0 radical (unpaired) electrons. The molecule has 3 nitrogen and oxygen atoms in total. The number of hydrogen-bond donors (Lipinski definition) is 0. The Hall–Kier alpha value is -2.78. The lowest BCUT2D eigenvalue weighted by Gasteiger charge is -2.25. The van der Waals surface area contributed by atoms with Gasteiger partial charge in [0, 0.05) is 6.42 Å². The fourth-order valence-corrected chi connectivity index (χ4v) is 3.63. The Kier molecular flexibility index (Phi) is 5.12. The minimum Gasteiger partial charge on any atom is -0.497 e. The van der Waals surface area contributed by atoms with Crippen LogP contribution in [0.2, 0.25) is 0 Å². The van der Waals surface area contributed by atoms with Crippen LogP contribution in [0.4, 0.5) is 5.69 Å². The molecule has 2 atom stereocenters. The minimum absolute atomic E-state index is 0.0477. The summed E-state index contributed by atoms with van der Waals surface area (Å²) in [5.41, 5.74) is 4.91. The van der Waals surface area contributed by atoms with Crippen LogP contribution in [0.5, 0.6) is 5.75 Å². The van der Waals surface area contributed by atoms with E-state index in [0.717, 1.165) is 24.3 Å². The molecule has 0 saturated carbocycles. The van der Waals surface area contributed by atoms with E-state index in [-0.39, 0.29) is 6.10 Å². The molecule has 3 heteroatoms. The number of hydrogen-bond acceptors (Lipinski definition) is 3. The normalized spacial score (nSPS) is 19.3. The van der Waals surface area contributed by atoms with E-state index in [0.29, 0.717) is 6.04 Å². The zero-order chi connectivity index (χ0) is 18.6. The van der Waals surface area contributed by atoms with Gasteiger partial charge >= 0.3 is 0 Å². The number of anilines is 1. The molecule has 0 N–H and O–H groups in total. The Morgan fingerprint density at radius 3 is 2.30 bits per heavy atom. The summed E-state index contributed by atoms with van der Waals surface area (Å²) < 4.78 is 5.28. The number of nitrogens with zero attached hydrogens (tertiary/aromatic N) is 1. The van der Waals surface area contributed by atoms with Crippen molar-refractivity contribution in [1.29, 1.82) is 0 Å². The second-order valence-corrected chi connectivity index (χ2v) is 7.11. The molecule has 1 fully saturated rings. The standard InChI is InChI=1S/C24H25NO2/c1-18-8-10-19(11-9-18)16-22-17-24(20-12-14-23(26-2)15-13-20)27-25(22)21-6-4-3-5-7-21/h3-15,22,24H,16-17H2,1-2H3/t22-,24-/m1/s1. The molecule has 1 aliphatic rings. The Morgan fingerprint density at radius 1 is 0.926 bits per heavy atom. The smallest absolute Gasteiger partial charge is 0.118 e. The maximum absolute atomic E-state index is 6.41. The van der Waals surface area contributed by atoms with Crippen LogP contribution in [0.15, 0.2) is 78.9 Å². The fourth-order valence-electron chi connectivity index (χ4n) is 3.63. The molecule has 0 unspecified atom stereocenters. The van der Waals surface area contributed by atoms with E-state index in [1.54, 1.807) is 7.11 Å². The highest BCUT2D eigenvalue weighted by Gasteiger charge is 2.34. The van der Waals surface area contributed by atoms with Crippen molar-refractivity contribution in [1.82, 2.24) is 0 Å². The van der Waals surface area contributed by atoms with Crippen LogP contribution in [-0.4, -0.2) is 13.2 Å². The zero-order valence-electron chi connectivity index (χ0n) is 15.8. The van der Waals surface area contributed by atoms with Gasteiger partial charge in [0.15, 0.2) is 0 Å². The first-order valence-corrected chi connectivity index (χ1v) is 9.43. The first-order chi connectivity index (χ1) is 13.2. The average molecular weight is 359 g/mol. The van der Waals surface area contributed by atoms with Gasteiger partial charge in [0.25, 0.3) is 0 Å². The van der Waals surface area contributed by atoms with Gasteiger partial charge in [-0.3, -0.25) is 9.90 Å². The summed E-state index contributed by atoms with van der Waals surface area (Å²) in [6.07, 6.45) is 1.96. The van der Waals surface area contributed by atoms with Gasteiger partial charge in [-0.1, -0.05) is 60.2 Å². The summed E-state index contributed by atoms with van der Waals surface area (Å²) in [6.45, 7) is 2.12. The number of hydroxylamine groups is 1. The quantitative estimate of drug-likeness (QED) is 0.600. The predicted molar refractivity (Wildman–Crippen MR) is 109 cm³/mol. The lowest BCUT2D eigenvalue weighted by atomic mass is 9.97. The average Bonchev–Trinajstić information content (AvgIpc) is 3.14. The third-order valence-corrected chi connectivity index (χ3v) is 5.15. The lowest BCUT2D eigenvalue weighted by Crippen LogP contribution is -2.29. The molecule has 4 rings (SSSR count). The van der Waals surface area contributed by atoms with Crippen LogP contribution in [-0.2, 0) is 11.3 Å². The molecule has 0 aromatic heterocycles. The van der Waals surface area contributed by atoms with Gasteiger partial charge in [0.05, 0.1) is 18.8 Å². The van der Waals surface area contributed by atoms with Crippen LogP contribution in [0, 0.1) is 6.92 Å². The zero-order valence-corrected chi connectivity index (χ0v) is 15.8. The number of para-hydroxylation sites is 1. The van der Waals surface area contributed by atoms with Crippen molar-refractivity contribution < 1.29 is 9.57 Å². The fraction of sp³-hybridized carbons (Fsp3) is 0.250. The van der Waals surface area contributed by atoms with Crippen molar-refractivity contribution in [3.63, 3.8) is 0 Å². The molecule has 0 aliphatic carbocycles. The van der Waals surface area contributed by atoms with Gasteiger partial charge in [-0.25, -0.2) is 0 Å². The number of rotatable bonds is 5. The summed E-state index contributed by atoms with van der Waals surface area (Å²) in [4.78, 5) is 6.41. The summed E-state index contributed by atoms with van der Waals surface area (Å²) in [5.74, 6) is 0.868. The van der Waals surface area contributed by atoms with Crippen LogP contribution in [0.1, 0.15) is 29.2 Å². The molecule has 27 heavy (non-hydrogen) atoms. The number of benzene rings is 3. The summed E-state index contributed by atoms with van der Waals surface area (Å²) in [6, 6.07) is 27.7. The number of aryl methyl sites for hydroxylation is 1. The predicted octanol–water partition coefficient (Wildman–Crippen LogP) is 5.50. The van der Waals surface area contributed by atoms with Gasteiger partial charge in [0.1, 0.15) is 11.9 Å². The van der Waals surface area contributed by atoms with Gasteiger partial charge < -0.3 is 4.74 Å². The van der Waals surface area contributed by atoms with Crippen LogP contribution < -0.4 is 9.80 Å². The molecule has 0 amide bonds. The topological polar surface area (TPSA) is 21.7 Å². The Bertz CT molecular complexity index is 859. The largest absolute Gasteiger partial charge is 0.497 e. The van der Waals surface area contributed by atoms with E-state index in [2.05, 4.69) is 72.7 Å².